The number of nitrogens with zero attached hydrogens (tertiary/aromatic N) is 1. The van der Waals surface area contributed by atoms with Crippen molar-refractivity contribution >= 4 is 31.3 Å². The number of hydrogen-bond donors (Lipinski definition) is 3. The molecule has 0 saturated heterocycles. The normalized spacial score (nSPS) is 30.9. The van der Waals surface area contributed by atoms with Crippen LogP contribution in [0.15, 0.2) is 46.0 Å². The van der Waals surface area contributed by atoms with Crippen molar-refractivity contribution < 1.29 is 26.4 Å². The molecule has 3 aliphatic rings. The standard InChI is InChI=1S/C17H18FN3O5S2/c18-10-5-9(6-10)17(28(20,25)26)4-3-13-12-2-1-11(27(19,23)24)7-14(12)16(21-22)15(13)8-17/h1-3,7-10,22H,4-6H2,(H2,19,23,24)(H2,20,25,26). The van der Waals surface area contributed by atoms with Gasteiger partial charge in [0, 0.05) is 11.1 Å². The molecule has 1 unspecified atom stereocenters. The van der Waals surface area contributed by atoms with Crippen LogP contribution in [0.1, 0.15) is 30.4 Å². The summed E-state index contributed by atoms with van der Waals surface area (Å²) >= 11 is 0. The number of benzene rings is 1. The van der Waals surface area contributed by atoms with Gasteiger partial charge in [0.05, 0.1) is 4.90 Å². The molecular weight excluding hydrogens is 409 g/mol. The van der Waals surface area contributed by atoms with E-state index in [9.17, 15) is 26.4 Å². The topological polar surface area (TPSA) is 153 Å². The number of halogens is 1. The fourth-order valence-corrected chi connectivity index (χ4v) is 6.04. The highest BCUT2D eigenvalue weighted by Crippen LogP contribution is 2.51. The predicted octanol–water partition coefficient (Wildman–Crippen LogP) is 1.01. The van der Waals surface area contributed by atoms with Gasteiger partial charge in [0.25, 0.3) is 0 Å². The third-order valence-corrected chi connectivity index (χ3v) is 8.41. The number of rotatable bonds is 3. The molecule has 1 aromatic rings. The average Bonchev–Trinajstić information content (AvgIpc) is 2.88. The zero-order valence-electron chi connectivity index (χ0n) is 14.5. The van der Waals surface area contributed by atoms with E-state index in [-0.39, 0.29) is 29.9 Å². The van der Waals surface area contributed by atoms with Crippen LogP contribution in [0.3, 0.4) is 0 Å². The molecule has 11 heteroatoms. The van der Waals surface area contributed by atoms with Gasteiger partial charge in [-0.3, -0.25) is 0 Å². The lowest BCUT2D eigenvalue weighted by Gasteiger charge is -2.44. The maximum Gasteiger partial charge on any atom is 0.238 e. The second-order valence-electron chi connectivity index (χ2n) is 7.35. The van der Waals surface area contributed by atoms with Crippen molar-refractivity contribution in [3.8, 4) is 0 Å². The molecule has 1 fully saturated rings. The third-order valence-electron chi connectivity index (χ3n) is 5.83. The molecule has 28 heavy (non-hydrogen) atoms. The number of sulfonamides is 2. The van der Waals surface area contributed by atoms with E-state index in [4.69, 9.17) is 10.3 Å². The lowest BCUT2D eigenvalue weighted by atomic mass is 9.70. The van der Waals surface area contributed by atoms with Crippen molar-refractivity contribution in [1.82, 2.24) is 0 Å². The molecule has 0 heterocycles. The molecule has 0 aromatic heterocycles. The van der Waals surface area contributed by atoms with Crippen LogP contribution in [0.25, 0.3) is 5.57 Å². The van der Waals surface area contributed by atoms with Crippen LogP contribution < -0.4 is 10.3 Å². The summed E-state index contributed by atoms with van der Waals surface area (Å²) in [5.74, 6) is -0.494. The van der Waals surface area contributed by atoms with E-state index in [0.29, 0.717) is 22.3 Å². The number of oxime groups is 1. The van der Waals surface area contributed by atoms with Crippen LogP contribution in [-0.2, 0) is 20.0 Å². The molecule has 1 aromatic carbocycles. The van der Waals surface area contributed by atoms with Gasteiger partial charge in [-0.1, -0.05) is 23.4 Å². The molecule has 150 valence electrons. The molecule has 3 aliphatic carbocycles. The van der Waals surface area contributed by atoms with E-state index in [2.05, 4.69) is 5.16 Å². The van der Waals surface area contributed by atoms with Crippen LogP contribution in [0, 0.1) is 5.92 Å². The molecule has 5 N–H and O–H groups in total. The summed E-state index contributed by atoms with van der Waals surface area (Å²) in [5, 5.41) is 23.5. The Balaban J connectivity index is 1.89. The maximum absolute atomic E-state index is 13.5. The van der Waals surface area contributed by atoms with E-state index in [1.54, 1.807) is 6.08 Å². The van der Waals surface area contributed by atoms with Gasteiger partial charge in [0.15, 0.2) is 0 Å². The third kappa shape index (κ3) is 2.65. The van der Waals surface area contributed by atoms with Crippen molar-refractivity contribution in [2.45, 2.75) is 35.1 Å². The van der Waals surface area contributed by atoms with E-state index >= 15 is 0 Å². The lowest BCUT2D eigenvalue weighted by molar-refractivity contribution is 0.109. The van der Waals surface area contributed by atoms with E-state index in [1.165, 1.54) is 24.3 Å². The van der Waals surface area contributed by atoms with Crippen molar-refractivity contribution in [3.63, 3.8) is 0 Å². The molecule has 0 spiro atoms. The Kier molecular flexibility index (Phi) is 4.10. The summed E-state index contributed by atoms with van der Waals surface area (Å²) in [5.41, 5.74) is 1.86. The maximum atomic E-state index is 13.5. The van der Waals surface area contributed by atoms with E-state index in [1.807, 2.05) is 0 Å². The number of nitrogens with two attached hydrogens (primary N) is 2. The van der Waals surface area contributed by atoms with Gasteiger partial charge in [-0.2, -0.15) is 0 Å². The van der Waals surface area contributed by atoms with Crippen LogP contribution >= 0.6 is 0 Å². The molecule has 0 bridgehead atoms. The molecule has 4 rings (SSSR count). The zero-order chi connectivity index (χ0) is 20.5. The second kappa shape index (κ2) is 5.96. The molecule has 8 nitrogen and oxygen atoms in total. The molecule has 0 amide bonds. The Morgan fingerprint density at radius 2 is 1.79 bits per heavy atom. The highest BCUT2D eigenvalue weighted by Gasteiger charge is 2.54. The number of alkyl halides is 1. The van der Waals surface area contributed by atoms with Gasteiger partial charge >= 0.3 is 0 Å². The highest BCUT2D eigenvalue weighted by molar-refractivity contribution is 7.90. The number of fused-ring (bicyclic) bond motifs is 3. The summed E-state index contributed by atoms with van der Waals surface area (Å²) in [4.78, 5) is -0.163. The molecule has 0 aliphatic heterocycles. The van der Waals surface area contributed by atoms with Crippen LogP contribution in [-0.4, -0.2) is 38.7 Å². The predicted molar refractivity (Wildman–Crippen MR) is 100 cm³/mol. The summed E-state index contributed by atoms with van der Waals surface area (Å²) < 4.78 is 60.2. The minimum absolute atomic E-state index is 0.0237. The minimum Gasteiger partial charge on any atom is -0.410 e. The fraction of sp³-hybridized carbons (Fsp3) is 0.353. The van der Waals surface area contributed by atoms with Crippen LogP contribution in [0.4, 0.5) is 4.39 Å². The van der Waals surface area contributed by atoms with Crippen LogP contribution in [0.5, 0.6) is 0 Å². The van der Waals surface area contributed by atoms with Gasteiger partial charge < -0.3 is 5.21 Å². The Morgan fingerprint density at radius 3 is 2.32 bits per heavy atom. The number of primary sulfonamides is 2. The van der Waals surface area contributed by atoms with Gasteiger partial charge in [-0.05, 0) is 48.4 Å². The van der Waals surface area contributed by atoms with Crippen LogP contribution in [0.2, 0.25) is 0 Å². The second-order valence-corrected chi connectivity index (χ2v) is 10.8. The van der Waals surface area contributed by atoms with Gasteiger partial charge in [-0.25, -0.2) is 31.5 Å². The first-order valence-electron chi connectivity index (χ1n) is 8.48. The summed E-state index contributed by atoms with van der Waals surface area (Å²) in [7, 11) is -8.08. The van der Waals surface area contributed by atoms with E-state index in [0.717, 1.165) is 0 Å². The minimum atomic E-state index is -4.10. The van der Waals surface area contributed by atoms with Crippen molar-refractivity contribution in [2.75, 3.05) is 0 Å². The molecular formula is C17H18FN3O5S2. The highest BCUT2D eigenvalue weighted by atomic mass is 32.2. The quantitative estimate of drug-likeness (QED) is 0.485. The van der Waals surface area contributed by atoms with Crippen molar-refractivity contribution in [1.29, 1.82) is 0 Å². The van der Waals surface area contributed by atoms with Gasteiger partial charge in [0.2, 0.25) is 20.0 Å². The Morgan fingerprint density at radius 1 is 1.11 bits per heavy atom. The van der Waals surface area contributed by atoms with Crippen molar-refractivity contribution in [3.05, 3.63) is 47.1 Å². The fourth-order valence-electron chi connectivity index (χ4n) is 4.25. The monoisotopic (exact) mass is 427 g/mol. The SMILES string of the molecule is NS(=O)(=O)c1ccc2c(c1)C(=NO)C1=CC(C3CC(F)C3)(S(N)(=O)=O)CC=C12. The Hall–Kier alpha value is -2.08. The summed E-state index contributed by atoms with van der Waals surface area (Å²) in [6, 6.07) is 4.13. The molecule has 0 radical (unpaired) electrons. The smallest absolute Gasteiger partial charge is 0.238 e. The number of allylic oxidation sites excluding steroid dienone is 3. The van der Waals surface area contributed by atoms with E-state index < -0.39 is 36.9 Å². The average molecular weight is 427 g/mol. The van der Waals surface area contributed by atoms with Crippen molar-refractivity contribution in [2.24, 2.45) is 21.4 Å². The molecule has 1 saturated carbocycles. The van der Waals surface area contributed by atoms with Gasteiger partial charge in [0.1, 0.15) is 16.6 Å². The largest absolute Gasteiger partial charge is 0.410 e. The Labute approximate surface area is 161 Å². The first kappa shape index (κ1) is 19.2. The number of hydrogen-bond acceptors (Lipinski definition) is 6. The summed E-state index contributed by atoms with van der Waals surface area (Å²) in [6.07, 6.45) is 2.24. The summed E-state index contributed by atoms with van der Waals surface area (Å²) in [6.45, 7) is 0. The first-order chi connectivity index (χ1) is 13.0. The Bertz CT molecular complexity index is 1180. The van der Waals surface area contributed by atoms with Gasteiger partial charge in [-0.15, -0.1) is 0 Å². The first-order valence-corrected chi connectivity index (χ1v) is 11.6. The molecule has 1 atom stereocenters. The zero-order valence-corrected chi connectivity index (χ0v) is 16.2. The lowest BCUT2D eigenvalue weighted by Crippen LogP contribution is -2.53.